The van der Waals surface area contributed by atoms with Crippen LogP contribution in [0, 0.1) is 5.41 Å². The van der Waals surface area contributed by atoms with Crippen LogP contribution in [0.2, 0.25) is 0 Å². The lowest BCUT2D eigenvalue weighted by Gasteiger charge is -2.18. The van der Waals surface area contributed by atoms with Gasteiger partial charge in [0.05, 0.1) is 0 Å². The van der Waals surface area contributed by atoms with Crippen LogP contribution in [-0.4, -0.2) is 39.1 Å². The molecule has 1 aromatic rings. The number of carbonyl (C=O) groups is 1. The zero-order chi connectivity index (χ0) is 12.0. The Balaban J connectivity index is 1.72. The molecule has 5 nitrogen and oxygen atoms in total. The molecule has 1 saturated carbocycles. The lowest BCUT2D eigenvalue weighted by Crippen LogP contribution is -2.31. The van der Waals surface area contributed by atoms with Gasteiger partial charge in [-0.15, -0.1) is 5.10 Å². The Morgan fingerprint density at radius 2 is 2.24 bits per heavy atom. The molecule has 1 N–H and O–H groups in total. The first-order valence-corrected chi connectivity index (χ1v) is 6.27. The molecule has 0 unspecified atom stereocenters. The monoisotopic (exact) mass is 234 g/mol. The fourth-order valence-electron chi connectivity index (χ4n) is 2.34. The molecular formula is C12H18N4O. The fraction of sp³-hybridized carbons (Fsp3) is 0.750. The summed E-state index contributed by atoms with van der Waals surface area (Å²) in [5.74, 6) is 1.70. The van der Waals surface area contributed by atoms with E-state index in [0.717, 1.165) is 25.3 Å². The van der Waals surface area contributed by atoms with Gasteiger partial charge in [0.1, 0.15) is 5.82 Å². The number of nitrogens with one attached hydrogen (secondary N) is 1. The van der Waals surface area contributed by atoms with Crippen molar-refractivity contribution in [3.05, 3.63) is 11.6 Å². The van der Waals surface area contributed by atoms with Crippen LogP contribution >= 0.6 is 0 Å². The molecule has 5 heteroatoms. The number of H-pyrrole nitrogens is 1. The minimum Gasteiger partial charge on any atom is -0.335 e. The molecule has 0 radical (unpaired) electrons. The van der Waals surface area contributed by atoms with Gasteiger partial charge in [0.15, 0.2) is 0 Å². The number of hydrogen-bond donors (Lipinski definition) is 1. The standard InChI is InChI=1S/C12H18N4O/c1-12(2)5-6-16(7-12)11(17)10-13-9(14-15-10)8-3-4-8/h8H,3-7H2,1-2H3,(H,13,14,15). The van der Waals surface area contributed by atoms with Crippen LogP contribution < -0.4 is 0 Å². The van der Waals surface area contributed by atoms with E-state index in [1.54, 1.807) is 0 Å². The van der Waals surface area contributed by atoms with E-state index in [4.69, 9.17) is 0 Å². The summed E-state index contributed by atoms with van der Waals surface area (Å²) >= 11 is 0. The second-order valence-electron chi connectivity index (χ2n) is 5.96. The van der Waals surface area contributed by atoms with E-state index < -0.39 is 0 Å². The number of likely N-dealkylation sites (tertiary alicyclic amines) is 1. The van der Waals surface area contributed by atoms with Gasteiger partial charge in [-0.2, -0.15) is 0 Å². The van der Waals surface area contributed by atoms with Crippen molar-refractivity contribution in [2.24, 2.45) is 5.41 Å². The highest BCUT2D eigenvalue weighted by atomic mass is 16.2. The minimum absolute atomic E-state index is 0.0290. The van der Waals surface area contributed by atoms with Crippen molar-refractivity contribution in [1.82, 2.24) is 20.1 Å². The molecule has 0 aromatic carbocycles. The molecule has 2 fully saturated rings. The Kier molecular flexibility index (Phi) is 2.24. The van der Waals surface area contributed by atoms with Crippen LogP contribution in [0.15, 0.2) is 0 Å². The maximum atomic E-state index is 12.2. The first kappa shape index (κ1) is 10.7. The summed E-state index contributed by atoms with van der Waals surface area (Å²) in [6.07, 6.45) is 3.39. The van der Waals surface area contributed by atoms with Crippen LogP contribution in [0.3, 0.4) is 0 Å². The maximum Gasteiger partial charge on any atom is 0.293 e. The van der Waals surface area contributed by atoms with Gasteiger partial charge in [-0.1, -0.05) is 13.8 Å². The topological polar surface area (TPSA) is 61.9 Å². The summed E-state index contributed by atoms with van der Waals surface area (Å²) in [5.41, 5.74) is 0.227. The predicted molar refractivity (Wildman–Crippen MR) is 62.7 cm³/mol. The van der Waals surface area contributed by atoms with Crippen LogP contribution in [0.25, 0.3) is 0 Å². The Bertz CT molecular complexity index is 447. The Hall–Kier alpha value is -1.39. The quantitative estimate of drug-likeness (QED) is 0.844. The minimum atomic E-state index is -0.0290. The van der Waals surface area contributed by atoms with E-state index in [2.05, 4.69) is 29.0 Å². The van der Waals surface area contributed by atoms with Gasteiger partial charge >= 0.3 is 0 Å². The third-order valence-corrected chi connectivity index (χ3v) is 3.62. The summed E-state index contributed by atoms with van der Waals surface area (Å²) in [7, 11) is 0. The van der Waals surface area contributed by atoms with E-state index in [-0.39, 0.29) is 11.3 Å². The third kappa shape index (κ3) is 2.06. The summed E-state index contributed by atoms with van der Waals surface area (Å²) in [4.78, 5) is 18.3. The molecule has 1 amide bonds. The van der Waals surface area contributed by atoms with Crippen LogP contribution in [0.5, 0.6) is 0 Å². The predicted octanol–water partition coefficient (Wildman–Crippen LogP) is 1.55. The molecule has 2 heterocycles. The molecule has 1 aliphatic heterocycles. The molecule has 1 aromatic heterocycles. The second kappa shape index (κ2) is 3.55. The smallest absolute Gasteiger partial charge is 0.293 e. The van der Waals surface area contributed by atoms with Crippen LogP contribution in [0.1, 0.15) is 55.5 Å². The lowest BCUT2D eigenvalue weighted by molar-refractivity contribution is 0.0766. The number of aromatic nitrogens is 3. The highest BCUT2D eigenvalue weighted by Crippen LogP contribution is 2.38. The number of amides is 1. The molecular weight excluding hydrogens is 216 g/mol. The molecule has 1 aliphatic carbocycles. The molecule has 0 spiro atoms. The molecule has 0 atom stereocenters. The number of carbonyl (C=O) groups excluding carboxylic acids is 1. The fourth-order valence-corrected chi connectivity index (χ4v) is 2.34. The maximum absolute atomic E-state index is 12.2. The van der Waals surface area contributed by atoms with Crippen molar-refractivity contribution >= 4 is 5.91 Å². The third-order valence-electron chi connectivity index (χ3n) is 3.62. The Labute approximate surface area is 101 Å². The molecule has 17 heavy (non-hydrogen) atoms. The van der Waals surface area contributed by atoms with Gasteiger partial charge in [0.2, 0.25) is 5.82 Å². The molecule has 0 bridgehead atoms. The molecule has 92 valence electrons. The molecule has 1 saturated heterocycles. The van der Waals surface area contributed by atoms with Crippen molar-refractivity contribution in [2.45, 2.75) is 39.0 Å². The van der Waals surface area contributed by atoms with Gasteiger partial charge in [-0.25, -0.2) is 4.98 Å². The van der Waals surface area contributed by atoms with Crippen molar-refractivity contribution < 1.29 is 4.79 Å². The SMILES string of the molecule is CC1(C)CCN(C(=O)c2n[nH]c(C3CC3)n2)C1. The summed E-state index contributed by atoms with van der Waals surface area (Å²) in [5, 5.41) is 6.93. The Morgan fingerprint density at radius 1 is 1.47 bits per heavy atom. The number of rotatable bonds is 2. The number of nitrogens with zero attached hydrogens (tertiary/aromatic N) is 3. The van der Waals surface area contributed by atoms with Crippen LogP contribution in [0.4, 0.5) is 0 Å². The van der Waals surface area contributed by atoms with E-state index in [1.807, 2.05) is 4.90 Å². The largest absolute Gasteiger partial charge is 0.335 e. The first-order chi connectivity index (χ1) is 8.05. The van der Waals surface area contributed by atoms with Gasteiger partial charge in [0, 0.05) is 19.0 Å². The summed E-state index contributed by atoms with van der Waals surface area (Å²) < 4.78 is 0. The van der Waals surface area contributed by atoms with E-state index >= 15 is 0 Å². The molecule has 2 aliphatic rings. The van der Waals surface area contributed by atoms with Crippen molar-refractivity contribution in [3.63, 3.8) is 0 Å². The average molecular weight is 234 g/mol. The average Bonchev–Trinajstić information content (AvgIpc) is 2.89. The van der Waals surface area contributed by atoms with E-state index in [0.29, 0.717) is 11.7 Å². The van der Waals surface area contributed by atoms with Gasteiger partial charge in [-0.3, -0.25) is 9.89 Å². The van der Waals surface area contributed by atoms with E-state index in [9.17, 15) is 4.79 Å². The van der Waals surface area contributed by atoms with Crippen molar-refractivity contribution in [3.8, 4) is 0 Å². The van der Waals surface area contributed by atoms with E-state index in [1.165, 1.54) is 12.8 Å². The normalized spacial score (nSPS) is 23.1. The Morgan fingerprint density at radius 3 is 2.82 bits per heavy atom. The number of aromatic amines is 1. The van der Waals surface area contributed by atoms with Crippen molar-refractivity contribution in [2.75, 3.05) is 13.1 Å². The van der Waals surface area contributed by atoms with Crippen LogP contribution in [-0.2, 0) is 0 Å². The van der Waals surface area contributed by atoms with Gasteiger partial charge < -0.3 is 4.90 Å². The highest BCUT2D eigenvalue weighted by Gasteiger charge is 2.35. The summed E-state index contributed by atoms with van der Waals surface area (Å²) in [6.45, 7) is 6.00. The highest BCUT2D eigenvalue weighted by molar-refractivity contribution is 5.90. The van der Waals surface area contributed by atoms with Crippen molar-refractivity contribution in [1.29, 1.82) is 0 Å². The number of hydrogen-bond acceptors (Lipinski definition) is 3. The zero-order valence-electron chi connectivity index (χ0n) is 10.4. The second-order valence-corrected chi connectivity index (χ2v) is 5.96. The summed E-state index contributed by atoms with van der Waals surface area (Å²) in [6, 6.07) is 0. The molecule has 3 rings (SSSR count). The zero-order valence-corrected chi connectivity index (χ0v) is 10.4. The van der Waals surface area contributed by atoms with Gasteiger partial charge in [0.25, 0.3) is 5.91 Å². The lowest BCUT2D eigenvalue weighted by atomic mass is 9.93. The first-order valence-electron chi connectivity index (χ1n) is 6.27. The van der Waals surface area contributed by atoms with Gasteiger partial charge in [-0.05, 0) is 24.7 Å².